The summed E-state index contributed by atoms with van der Waals surface area (Å²) in [6.45, 7) is 3.43. The molecule has 0 aliphatic carbocycles. The van der Waals surface area contributed by atoms with E-state index in [0.717, 1.165) is 5.39 Å². The minimum Gasteiger partial charge on any atom is -0.236 e. The maximum absolute atomic E-state index is 11.7. The van der Waals surface area contributed by atoms with Gasteiger partial charge in [0.1, 0.15) is 0 Å². The van der Waals surface area contributed by atoms with Crippen molar-refractivity contribution in [2.45, 2.75) is 5.03 Å². The van der Waals surface area contributed by atoms with E-state index < -0.39 is 9.84 Å². The first kappa shape index (κ1) is 10.8. The second-order valence-corrected chi connectivity index (χ2v) is 5.39. The van der Waals surface area contributed by atoms with Crippen LogP contribution in [0.5, 0.6) is 0 Å². The van der Waals surface area contributed by atoms with Gasteiger partial charge in [0.15, 0.2) is 14.9 Å². The molecule has 0 aliphatic rings. The Morgan fingerprint density at radius 1 is 1.19 bits per heavy atom. The van der Waals surface area contributed by atoms with Crippen LogP contribution in [-0.2, 0) is 9.84 Å². The molecule has 0 radical (unpaired) electrons. The van der Waals surface area contributed by atoms with Gasteiger partial charge in [-0.25, -0.2) is 13.4 Å². The van der Waals surface area contributed by atoms with E-state index in [0.29, 0.717) is 5.52 Å². The van der Waals surface area contributed by atoms with Crippen LogP contribution in [0.4, 0.5) is 0 Å². The number of para-hydroxylation sites is 1. The molecule has 0 amide bonds. The zero-order valence-electron chi connectivity index (χ0n) is 8.63. The van der Waals surface area contributed by atoms with E-state index in [1.807, 2.05) is 18.2 Å². The molecule has 0 bridgehead atoms. The minimum atomic E-state index is -3.33. The van der Waals surface area contributed by atoms with E-state index in [2.05, 4.69) is 11.6 Å². The van der Waals surface area contributed by atoms with Crippen LogP contribution in [0.15, 0.2) is 54.1 Å². The summed E-state index contributed by atoms with van der Waals surface area (Å²) in [6.07, 6.45) is 1.37. The summed E-state index contributed by atoms with van der Waals surface area (Å²) in [7, 11) is -3.33. The molecule has 0 spiro atoms. The summed E-state index contributed by atoms with van der Waals surface area (Å²) in [5.41, 5.74) is 0.688. The highest BCUT2D eigenvalue weighted by Gasteiger charge is 2.13. The van der Waals surface area contributed by atoms with Crippen LogP contribution in [0.3, 0.4) is 0 Å². The Bertz CT molecular complexity index is 632. The van der Waals surface area contributed by atoms with Gasteiger partial charge in [0, 0.05) is 5.39 Å². The van der Waals surface area contributed by atoms with Crippen LogP contribution in [0.25, 0.3) is 10.9 Å². The molecule has 0 aliphatic heterocycles. The zero-order valence-corrected chi connectivity index (χ0v) is 9.44. The topological polar surface area (TPSA) is 47.0 Å². The first-order chi connectivity index (χ1) is 7.63. The Hall–Kier alpha value is -1.68. The van der Waals surface area contributed by atoms with Crippen molar-refractivity contribution in [1.29, 1.82) is 0 Å². The summed E-state index contributed by atoms with van der Waals surface area (Å²) < 4.78 is 23.5. The van der Waals surface area contributed by atoms with Gasteiger partial charge in [-0.3, -0.25) is 0 Å². The average Bonchev–Trinajstić information content (AvgIpc) is 2.28. The largest absolute Gasteiger partial charge is 0.236 e. The van der Waals surface area contributed by atoms with Gasteiger partial charge < -0.3 is 0 Å². The Kier molecular flexibility index (Phi) is 2.75. The molecule has 0 unspecified atom stereocenters. The lowest BCUT2D eigenvalue weighted by Gasteiger charge is -2.02. The third-order valence-electron chi connectivity index (χ3n) is 2.23. The lowest BCUT2D eigenvalue weighted by Crippen LogP contribution is -2.06. The third kappa shape index (κ3) is 1.97. The standard InChI is InChI=1S/C12H11NO2S/c1-2-9-16(14,15)12-8-7-10-5-3-4-6-11(10)13-12/h2-8H,1,9H2. The highest BCUT2D eigenvalue weighted by molar-refractivity contribution is 7.91. The average molecular weight is 233 g/mol. The predicted molar refractivity (Wildman–Crippen MR) is 64.0 cm³/mol. The minimum absolute atomic E-state index is 0.0850. The molecule has 0 saturated heterocycles. The fraction of sp³-hybridized carbons (Fsp3) is 0.0833. The molecule has 16 heavy (non-hydrogen) atoms. The quantitative estimate of drug-likeness (QED) is 0.763. The van der Waals surface area contributed by atoms with E-state index in [9.17, 15) is 8.42 Å². The summed E-state index contributed by atoms with van der Waals surface area (Å²) >= 11 is 0. The molecule has 2 rings (SSSR count). The van der Waals surface area contributed by atoms with Gasteiger partial charge in [-0.1, -0.05) is 24.3 Å². The van der Waals surface area contributed by atoms with Crippen molar-refractivity contribution < 1.29 is 8.42 Å². The summed E-state index contributed by atoms with van der Waals surface area (Å²) in [4.78, 5) is 4.13. The number of hydrogen-bond acceptors (Lipinski definition) is 3. The number of nitrogens with zero attached hydrogens (tertiary/aromatic N) is 1. The molecule has 1 heterocycles. The van der Waals surface area contributed by atoms with Crippen LogP contribution in [0.1, 0.15) is 0 Å². The molecule has 1 aromatic carbocycles. The SMILES string of the molecule is C=CCS(=O)(=O)c1ccc2ccccc2n1. The van der Waals surface area contributed by atoms with E-state index in [1.165, 1.54) is 12.1 Å². The summed E-state index contributed by atoms with van der Waals surface area (Å²) in [6, 6.07) is 10.7. The fourth-order valence-electron chi connectivity index (χ4n) is 1.46. The second-order valence-electron chi connectivity index (χ2n) is 3.41. The Morgan fingerprint density at radius 3 is 2.69 bits per heavy atom. The van der Waals surface area contributed by atoms with Crippen molar-refractivity contribution in [3.8, 4) is 0 Å². The van der Waals surface area contributed by atoms with Gasteiger partial charge in [0.25, 0.3) is 0 Å². The number of fused-ring (bicyclic) bond motifs is 1. The van der Waals surface area contributed by atoms with Gasteiger partial charge in [-0.2, -0.15) is 0 Å². The highest BCUT2D eigenvalue weighted by Crippen LogP contribution is 2.15. The van der Waals surface area contributed by atoms with Gasteiger partial charge in [-0.15, -0.1) is 6.58 Å². The Balaban J connectivity index is 2.59. The molecule has 2 aromatic rings. The van der Waals surface area contributed by atoms with Crippen molar-refractivity contribution in [1.82, 2.24) is 4.98 Å². The van der Waals surface area contributed by atoms with Crippen molar-refractivity contribution in [2.24, 2.45) is 0 Å². The van der Waals surface area contributed by atoms with E-state index in [1.54, 1.807) is 12.1 Å². The maximum atomic E-state index is 11.7. The first-order valence-electron chi connectivity index (χ1n) is 4.83. The normalized spacial score (nSPS) is 11.5. The van der Waals surface area contributed by atoms with Crippen molar-refractivity contribution >= 4 is 20.7 Å². The fourth-order valence-corrected chi connectivity index (χ4v) is 2.45. The molecule has 3 nitrogen and oxygen atoms in total. The van der Waals surface area contributed by atoms with Gasteiger partial charge in [-0.05, 0) is 18.2 Å². The molecule has 0 fully saturated rings. The van der Waals surface area contributed by atoms with E-state index >= 15 is 0 Å². The predicted octanol–water partition coefficient (Wildman–Crippen LogP) is 2.19. The van der Waals surface area contributed by atoms with Crippen LogP contribution in [-0.4, -0.2) is 19.2 Å². The van der Waals surface area contributed by atoms with Gasteiger partial charge >= 0.3 is 0 Å². The molecular weight excluding hydrogens is 222 g/mol. The van der Waals surface area contributed by atoms with E-state index in [4.69, 9.17) is 0 Å². The number of rotatable bonds is 3. The lowest BCUT2D eigenvalue weighted by molar-refractivity contribution is 0.596. The number of benzene rings is 1. The van der Waals surface area contributed by atoms with Gasteiger partial charge in [0.2, 0.25) is 0 Å². The number of sulfone groups is 1. The summed E-state index contributed by atoms with van der Waals surface area (Å²) in [5, 5.41) is 1.03. The van der Waals surface area contributed by atoms with E-state index in [-0.39, 0.29) is 10.8 Å². The van der Waals surface area contributed by atoms with Crippen LogP contribution in [0, 0.1) is 0 Å². The molecule has 0 saturated carbocycles. The third-order valence-corrected chi connectivity index (χ3v) is 3.77. The molecule has 0 atom stereocenters. The van der Waals surface area contributed by atoms with Crippen LogP contribution < -0.4 is 0 Å². The monoisotopic (exact) mass is 233 g/mol. The Morgan fingerprint density at radius 2 is 1.94 bits per heavy atom. The van der Waals surface area contributed by atoms with Crippen molar-refractivity contribution in [2.75, 3.05) is 5.75 Å². The van der Waals surface area contributed by atoms with Crippen molar-refractivity contribution in [3.05, 3.63) is 49.1 Å². The molecular formula is C12H11NO2S. The molecule has 82 valence electrons. The second kappa shape index (κ2) is 4.06. The first-order valence-corrected chi connectivity index (χ1v) is 6.48. The lowest BCUT2D eigenvalue weighted by atomic mass is 10.2. The Labute approximate surface area is 94.4 Å². The van der Waals surface area contributed by atoms with Crippen LogP contribution in [0.2, 0.25) is 0 Å². The summed E-state index contributed by atoms with van der Waals surface area (Å²) in [5.74, 6) is -0.0850. The van der Waals surface area contributed by atoms with Crippen molar-refractivity contribution in [3.63, 3.8) is 0 Å². The molecule has 4 heteroatoms. The zero-order chi connectivity index (χ0) is 11.6. The highest BCUT2D eigenvalue weighted by atomic mass is 32.2. The number of hydrogen-bond donors (Lipinski definition) is 0. The number of pyridine rings is 1. The maximum Gasteiger partial charge on any atom is 0.199 e. The number of aromatic nitrogens is 1. The van der Waals surface area contributed by atoms with Gasteiger partial charge in [0.05, 0.1) is 11.3 Å². The molecule has 1 aromatic heterocycles. The van der Waals surface area contributed by atoms with Crippen LogP contribution >= 0.6 is 0 Å². The smallest absolute Gasteiger partial charge is 0.199 e. The molecule has 0 N–H and O–H groups in total.